The number of rotatable bonds is 4. The van der Waals surface area contributed by atoms with Crippen LogP contribution in [0.2, 0.25) is 0 Å². The van der Waals surface area contributed by atoms with Crippen LogP contribution in [0.3, 0.4) is 0 Å². The summed E-state index contributed by atoms with van der Waals surface area (Å²) in [7, 11) is 1.64. The number of nitrogens with one attached hydrogen (secondary N) is 2. The van der Waals surface area contributed by atoms with Crippen LogP contribution < -0.4 is 10.6 Å². The van der Waals surface area contributed by atoms with Gasteiger partial charge in [0.15, 0.2) is 11.5 Å². The number of hydrogen-bond acceptors (Lipinski definition) is 7. The van der Waals surface area contributed by atoms with Crippen molar-refractivity contribution >= 4 is 23.7 Å². The molecular formula is C17H24N6O4. The summed E-state index contributed by atoms with van der Waals surface area (Å²) in [5, 5.41) is 13.2. The van der Waals surface area contributed by atoms with Gasteiger partial charge >= 0.3 is 12.2 Å². The Balaban J connectivity index is 2.23. The van der Waals surface area contributed by atoms with Gasteiger partial charge in [-0.05, 0) is 46.8 Å². The second kappa shape index (κ2) is 8.02. The number of anilines is 2. The van der Waals surface area contributed by atoms with Crippen LogP contribution in [0.4, 0.5) is 21.1 Å². The molecule has 0 fully saturated rings. The molecule has 0 saturated heterocycles. The van der Waals surface area contributed by atoms with Crippen molar-refractivity contribution in [3.63, 3.8) is 0 Å². The van der Waals surface area contributed by atoms with Gasteiger partial charge in [0, 0.05) is 7.05 Å². The minimum Gasteiger partial charge on any atom is -0.450 e. The van der Waals surface area contributed by atoms with E-state index in [-0.39, 0.29) is 6.61 Å². The van der Waals surface area contributed by atoms with E-state index in [1.807, 2.05) is 0 Å². The topological polar surface area (TPSA) is 120 Å². The highest BCUT2D eigenvalue weighted by Gasteiger charge is 2.20. The summed E-state index contributed by atoms with van der Waals surface area (Å²) in [6, 6.07) is 3.35. The minimum atomic E-state index is -0.607. The molecule has 0 bridgehead atoms. The first kappa shape index (κ1) is 20.1. The highest BCUT2D eigenvalue weighted by Crippen LogP contribution is 2.26. The maximum atomic E-state index is 11.9. The second-order valence-electron chi connectivity index (χ2n) is 6.71. The molecule has 146 valence electrons. The van der Waals surface area contributed by atoms with Gasteiger partial charge in [-0.2, -0.15) is 0 Å². The van der Waals surface area contributed by atoms with Crippen molar-refractivity contribution in [2.45, 2.75) is 40.2 Å². The fourth-order valence-corrected chi connectivity index (χ4v) is 2.17. The molecule has 0 aliphatic heterocycles. The van der Waals surface area contributed by atoms with Crippen molar-refractivity contribution in [1.29, 1.82) is 0 Å². The zero-order chi connectivity index (χ0) is 20.2. The molecule has 0 radical (unpaired) electrons. The number of aromatic nitrogens is 4. The van der Waals surface area contributed by atoms with Gasteiger partial charge in [-0.25, -0.2) is 19.3 Å². The van der Waals surface area contributed by atoms with Gasteiger partial charge in [0.05, 0.1) is 23.7 Å². The Morgan fingerprint density at radius 3 is 2.48 bits per heavy atom. The fourth-order valence-electron chi connectivity index (χ4n) is 2.17. The van der Waals surface area contributed by atoms with E-state index in [1.54, 1.807) is 53.8 Å². The molecule has 0 aliphatic carbocycles. The molecule has 2 aromatic rings. The van der Waals surface area contributed by atoms with E-state index in [1.165, 1.54) is 4.68 Å². The standard InChI is InChI=1S/C17H24N6O4/c1-7-26-15(24)20-14-13(21-22-23(14)6)12-9-8-11(10(2)18-12)19-16(25)27-17(3,4)5/h8-9H,7H2,1-6H3,(H,19,25)(H,20,24). The van der Waals surface area contributed by atoms with Crippen molar-refractivity contribution < 1.29 is 19.1 Å². The zero-order valence-electron chi connectivity index (χ0n) is 16.3. The Kier molecular flexibility index (Phi) is 5.98. The summed E-state index contributed by atoms with van der Waals surface area (Å²) >= 11 is 0. The number of aryl methyl sites for hydroxylation is 2. The SMILES string of the molecule is CCOC(=O)Nc1c(-c2ccc(NC(=O)OC(C)(C)C)c(C)n2)nnn1C. The first-order chi connectivity index (χ1) is 12.6. The van der Waals surface area contributed by atoms with E-state index >= 15 is 0 Å². The summed E-state index contributed by atoms with van der Waals surface area (Å²) in [6.45, 7) is 9.05. The molecule has 0 atom stereocenters. The number of pyridine rings is 1. The maximum Gasteiger partial charge on any atom is 0.412 e. The van der Waals surface area contributed by atoms with Crippen LogP contribution in [0.15, 0.2) is 12.1 Å². The van der Waals surface area contributed by atoms with Crippen molar-refractivity contribution in [2.75, 3.05) is 17.2 Å². The fraction of sp³-hybridized carbons (Fsp3) is 0.471. The predicted octanol–water partition coefficient (Wildman–Crippen LogP) is 3.10. The van der Waals surface area contributed by atoms with Crippen LogP contribution in [0.1, 0.15) is 33.4 Å². The van der Waals surface area contributed by atoms with Gasteiger partial charge in [0.2, 0.25) is 0 Å². The Bertz CT molecular complexity index is 840. The molecule has 2 heterocycles. The Morgan fingerprint density at radius 1 is 1.19 bits per heavy atom. The smallest absolute Gasteiger partial charge is 0.412 e. The molecular weight excluding hydrogens is 352 g/mol. The highest BCUT2D eigenvalue weighted by atomic mass is 16.6. The average molecular weight is 376 g/mol. The third-order valence-electron chi connectivity index (χ3n) is 3.29. The molecule has 27 heavy (non-hydrogen) atoms. The lowest BCUT2D eigenvalue weighted by molar-refractivity contribution is 0.0635. The molecule has 10 nitrogen and oxygen atoms in total. The zero-order valence-corrected chi connectivity index (χ0v) is 16.3. The Hall–Kier alpha value is -3.17. The Morgan fingerprint density at radius 2 is 1.89 bits per heavy atom. The highest BCUT2D eigenvalue weighted by molar-refractivity contribution is 5.89. The molecule has 0 saturated carbocycles. The molecule has 2 N–H and O–H groups in total. The van der Waals surface area contributed by atoms with E-state index in [9.17, 15) is 9.59 Å². The molecule has 2 aromatic heterocycles. The predicted molar refractivity (Wildman–Crippen MR) is 99.5 cm³/mol. The van der Waals surface area contributed by atoms with Crippen LogP contribution in [0.25, 0.3) is 11.4 Å². The number of amides is 2. The summed E-state index contributed by atoms with van der Waals surface area (Å²) in [5.74, 6) is 0.355. The van der Waals surface area contributed by atoms with Gasteiger partial charge in [-0.3, -0.25) is 10.6 Å². The lowest BCUT2D eigenvalue weighted by atomic mass is 10.2. The summed E-state index contributed by atoms with van der Waals surface area (Å²) in [5.41, 5.74) is 1.35. The monoisotopic (exact) mass is 376 g/mol. The van der Waals surface area contributed by atoms with E-state index < -0.39 is 17.8 Å². The van der Waals surface area contributed by atoms with Crippen molar-refractivity contribution in [3.8, 4) is 11.4 Å². The third-order valence-corrected chi connectivity index (χ3v) is 3.29. The second-order valence-corrected chi connectivity index (χ2v) is 6.71. The lowest BCUT2D eigenvalue weighted by Gasteiger charge is -2.20. The maximum absolute atomic E-state index is 11.9. The van der Waals surface area contributed by atoms with E-state index in [0.29, 0.717) is 28.6 Å². The van der Waals surface area contributed by atoms with E-state index in [4.69, 9.17) is 9.47 Å². The number of nitrogens with zero attached hydrogens (tertiary/aromatic N) is 4. The van der Waals surface area contributed by atoms with Crippen LogP contribution in [-0.2, 0) is 16.5 Å². The van der Waals surface area contributed by atoms with Crippen LogP contribution >= 0.6 is 0 Å². The molecule has 2 amide bonds. The molecule has 0 spiro atoms. The first-order valence-electron chi connectivity index (χ1n) is 8.42. The first-order valence-corrected chi connectivity index (χ1v) is 8.42. The average Bonchev–Trinajstić information content (AvgIpc) is 2.89. The number of hydrogen-bond donors (Lipinski definition) is 2. The molecule has 10 heteroatoms. The molecule has 0 unspecified atom stereocenters. The lowest BCUT2D eigenvalue weighted by Crippen LogP contribution is -2.27. The summed E-state index contributed by atoms with van der Waals surface area (Å²) in [4.78, 5) is 28.1. The largest absolute Gasteiger partial charge is 0.450 e. The van der Waals surface area contributed by atoms with Gasteiger partial charge in [-0.1, -0.05) is 5.21 Å². The molecule has 2 rings (SSSR count). The van der Waals surface area contributed by atoms with E-state index in [2.05, 4.69) is 25.9 Å². The Labute approximate surface area is 157 Å². The molecule has 0 aliphatic rings. The quantitative estimate of drug-likeness (QED) is 0.841. The van der Waals surface area contributed by atoms with Crippen molar-refractivity contribution in [1.82, 2.24) is 20.0 Å². The summed E-state index contributed by atoms with van der Waals surface area (Å²) in [6.07, 6.45) is -1.17. The number of carbonyl (C=O) groups is 2. The normalized spacial score (nSPS) is 11.0. The van der Waals surface area contributed by atoms with Crippen molar-refractivity contribution in [3.05, 3.63) is 17.8 Å². The number of ether oxygens (including phenoxy) is 2. The summed E-state index contributed by atoms with van der Waals surface area (Å²) < 4.78 is 11.5. The van der Waals surface area contributed by atoms with Gasteiger partial charge < -0.3 is 9.47 Å². The van der Waals surface area contributed by atoms with Gasteiger partial charge in [0.1, 0.15) is 5.60 Å². The third kappa shape index (κ3) is 5.40. The van der Waals surface area contributed by atoms with Gasteiger partial charge in [-0.15, -0.1) is 5.10 Å². The van der Waals surface area contributed by atoms with Gasteiger partial charge in [0.25, 0.3) is 0 Å². The number of carbonyl (C=O) groups excluding carboxylic acids is 2. The van der Waals surface area contributed by atoms with Crippen molar-refractivity contribution in [2.24, 2.45) is 7.05 Å². The minimum absolute atomic E-state index is 0.245. The van der Waals surface area contributed by atoms with E-state index in [0.717, 1.165) is 0 Å². The van der Waals surface area contributed by atoms with Crippen LogP contribution in [-0.4, -0.2) is 44.4 Å². The van der Waals surface area contributed by atoms with Crippen LogP contribution in [0.5, 0.6) is 0 Å². The molecule has 0 aromatic carbocycles. The van der Waals surface area contributed by atoms with Crippen LogP contribution in [0, 0.1) is 6.92 Å².